The molecule has 5 atom stereocenters. The number of nitrogens with zero attached hydrogens (tertiary/aromatic N) is 1. The maximum absolute atomic E-state index is 11.3. The van der Waals surface area contributed by atoms with Gasteiger partial charge in [0.05, 0.1) is 30.5 Å². The Bertz CT molecular complexity index is 534. The minimum absolute atomic E-state index is 0.280. The predicted octanol–water partition coefficient (Wildman–Crippen LogP) is 2.54. The van der Waals surface area contributed by atoms with Crippen LogP contribution >= 0.6 is 0 Å². The first-order valence-electron chi connectivity index (χ1n) is 7.95. The molecule has 0 aromatic heterocycles. The Hall–Kier alpha value is -1.71. The number of ether oxygens (including phenoxy) is 1. The van der Waals surface area contributed by atoms with Crippen molar-refractivity contribution in [3.05, 3.63) is 36.3 Å². The molecule has 1 aliphatic carbocycles. The monoisotopic (exact) mass is 287 g/mol. The SMILES string of the molecule is O=C(O)C1=CN2C(C=C1)C1CCCCC1C1COC=CC12. The second kappa shape index (κ2) is 4.93. The van der Waals surface area contributed by atoms with Crippen molar-refractivity contribution in [2.75, 3.05) is 6.61 Å². The number of aliphatic carboxylic acids is 1. The van der Waals surface area contributed by atoms with E-state index in [-0.39, 0.29) is 6.04 Å². The summed E-state index contributed by atoms with van der Waals surface area (Å²) >= 11 is 0. The highest BCUT2D eigenvalue weighted by atomic mass is 16.5. The lowest BCUT2D eigenvalue weighted by Crippen LogP contribution is -2.59. The first-order chi connectivity index (χ1) is 10.3. The molecule has 0 bridgehead atoms. The van der Waals surface area contributed by atoms with Crippen molar-refractivity contribution in [2.45, 2.75) is 37.8 Å². The van der Waals surface area contributed by atoms with Crippen LogP contribution in [0.4, 0.5) is 0 Å². The molecule has 1 N–H and O–H groups in total. The standard InChI is InChI=1S/C17H21NO3/c19-17(20)11-5-6-15-13-4-2-1-3-12(13)14-10-21-8-7-16(14)18(15)9-11/h5-9,12-16H,1-4,10H2,(H,19,20). The van der Waals surface area contributed by atoms with Crippen molar-refractivity contribution < 1.29 is 14.6 Å². The van der Waals surface area contributed by atoms with Crippen LogP contribution in [0.3, 0.4) is 0 Å². The molecule has 1 saturated heterocycles. The number of piperidine rings is 1. The molecule has 4 nitrogen and oxygen atoms in total. The topological polar surface area (TPSA) is 49.8 Å². The van der Waals surface area contributed by atoms with Crippen molar-refractivity contribution in [1.29, 1.82) is 0 Å². The number of rotatable bonds is 1. The highest BCUT2D eigenvalue weighted by molar-refractivity contribution is 5.90. The van der Waals surface area contributed by atoms with Gasteiger partial charge in [-0.3, -0.25) is 0 Å². The van der Waals surface area contributed by atoms with Crippen LogP contribution in [0, 0.1) is 17.8 Å². The molecule has 0 radical (unpaired) electrons. The molecule has 3 heterocycles. The molecule has 0 aromatic carbocycles. The summed E-state index contributed by atoms with van der Waals surface area (Å²) in [5.74, 6) is 0.995. The van der Waals surface area contributed by atoms with Crippen molar-refractivity contribution >= 4 is 5.97 Å². The molecule has 4 heteroatoms. The fourth-order valence-corrected chi connectivity index (χ4v) is 4.75. The summed E-state index contributed by atoms with van der Waals surface area (Å²) in [5, 5.41) is 9.27. The Morgan fingerprint density at radius 3 is 2.71 bits per heavy atom. The molecule has 0 amide bonds. The average Bonchev–Trinajstić information content (AvgIpc) is 2.54. The summed E-state index contributed by atoms with van der Waals surface area (Å²) in [6.07, 6.45) is 14.8. The van der Waals surface area contributed by atoms with E-state index in [2.05, 4.69) is 17.1 Å². The van der Waals surface area contributed by atoms with Crippen molar-refractivity contribution in [2.24, 2.45) is 17.8 Å². The Kier molecular flexibility index (Phi) is 3.05. The van der Waals surface area contributed by atoms with E-state index in [0.29, 0.717) is 29.4 Å². The van der Waals surface area contributed by atoms with Gasteiger partial charge in [-0.15, -0.1) is 0 Å². The van der Waals surface area contributed by atoms with Gasteiger partial charge < -0.3 is 14.7 Å². The van der Waals surface area contributed by atoms with E-state index in [4.69, 9.17) is 4.74 Å². The van der Waals surface area contributed by atoms with E-state index in [1.165, 1.54) is 25.7 Å². The molecular weight excluding hydrogens is 266 g/mol. The van der Waals surface area contributed by atoms with Crippen LogP contribution in [0.25, 0.3) is 0 Å². The van der Waals surface area contributed by atoms with Crippen LogP contribution in [0.15, 0.2) is 36.3 Å². The lowest BCUT2D eigenvalue weighted by molar-refractivity contribution is -0.132. The minimum Gasteiger partial charge on any atom is -0.501 e. The summed E-state index contributed by atoms with van der Waals surface area (Å²) in [5.41, 5.74) is 0.388. The average molecular weight is 287 g/mol. The van der Waals surface area contributed by atoms with Gasteiger partial charge in [0.1, 0.15) is 0 Å². The summed E-state index contributed by atoms with van der Waals surface area (Å²) < 4.78 is 5.58. The second-order valence-electron chi connectivity index (χ2n) is 6.61. The summed E-state index contributed by atoms with van der Waals surface area (Å²) in [6.45, 7) is 0.769. The Labute approximate surface area is 124 Å². The molecule has 0 spiro atoms. The predicted molar refractivity (Wildman–Crippen MR) is 78.3 cm³/mol. The van der Waals surface area contributed by atoms with Gasteiger partial charge in [0.2, 0.25) is 0 Å². The maximum atomic E-state index is 11.3. The molecule has 112 valence electrons. The third-order valence-electron chi connectivity index (χ3n) is 5.66. The van der Waals surface area contributed by atoms with E-state index in [0.717, 1.165) is 6.61 Å². The van der Waals surface area contributed by atoms with Crippen molar-refractivity contribution in [3.8, 4) is 0 Å². The van der Waals surface area contributed by atoms with E-state index < -0.39 is 5.97 Å². The zero-order valence-corrected chi connectivity index (χ0v) is 12.0. The van der Waals surface area contributed by atoms with Gasteiger partial charge >= 0.3 is 5.97 Å². The summed E-state index contributed by atoms with van der Waals surface area (Å²) in [6, 6.07) is 0.629. The van der Waals surface area contributed by atoms with Crippen LogP contribution < -0.4 is 0 Å². The molecule has 2 fully saturated rings. The van der Waals surface area contributed by atoms with Gasteiger partial charge in [-0.05, 0) is 36.8 Å². The number of carboxylic acid groups (broad SMARTS) is 1. The minimum atomic E-state index is -0.844. The molecule has 4 aliphatic rings. The third kappa shape index (κ3) is 2.00. The van der Waals surface area contributed by atoms with Crippen LogP contribution in [-0.2, 0) is 9.53 Å². The number of hydrogen-bond acceptors (Lipinski definition) is 3. The molecule has 3 aliphatic heterocycles. The zero-order valence-electron chi connectivity index (χ0n) is 12.0. The molecule has 0 aromatic rings. The van der Waals surface area contributed by atoms with E-state index >= 15 is 0 Å². The zero-order chi connectivity index (χ0) is 14.4. The van der Waals surface area contributed by atoms with E-state index in [1.54, 1.807) is 12.3 Å². The van der Waals surface area contributed by atoms with Gasteiger partial charge in [-0.25, -0.2) is 4.79 Å². The largest absolute Gasteiger partial charge is 0.501 e. The number of fused-ring (bicyclic) bond motifs is 6. The van der Waals surface area contributed by atoms with E-state index in [1.807, 2.05) is 6.20 Å². The number of carbonyl (C=O) groups is 1. The number of hydrogen-bond donors (Lipinski definition) is 1. The third-order valence-corrected chi connectivity index (χ3v) is 5.66. The highest BCUT2D eigenvalue weighted by Gasteiger charge is 2.48. The van der Waals surface area contributed by atoms with Crippen LogP contribution in [0.1, 0.15) is 25.7 Å². The first kappa shape index (κ1) is 13.0. The summed E-state index contributed by atoms with van der Waals surface area (Å²) in [7, 11) is 0. The Morgan fingerprint density at radius 1 is 1.14 bits per heavy atom. The van der Waals surface area contributed by atoms with Crippen LogP contribution in [0.5, 0.6) is 0 Å². The Balaban J connectivity index is 1.73. The molecular formula is C17H21NO3. The van der Waals surface area contributed by atoms with Gasteiger partial charge in [-0.2, -0.15) is 0 Å². The highest BCUT2D eigenvalue weighted by Crippen LogP contribution is 2.48. The molecule has 1 saturated carbocycles. The summed E-state index contributed by atoms with van der Waals surface area (Å²) in [4.78, 5) is 13.6. The van der Waals surface area contributed by atoms with Crippen molar-refractivity contribution in [3.63, 3.8) is 0 Å². The number of carboxylic acids is 1. The van der Waals surface area contributed by atoms with Gasteiger partial charge in [0.15, 0.2) is 0 Å². The van der Waals surface area contributed by atoms with Crippen LogP contribution in [-0.4, -0.2) is 34.7 Å². The smallest absolute Gasteiger partial charge is 0.337 e. The normalized spacial score (nSPS) is 40.5. The van der Waals surface area contributed by atoms with Crippen molar-refractivity contribution in [1.82, 2.24) is 4.90 Å². The molecule has 21 heavy (non-hydrogen) atoms. The second-order valence-corrected chi connectivity index (χ2v) is 6.61. The first-order valence-corrected chi connectivity index (χ1v) is 7.95. The molecule has 5 unspecified atom stereocenters. The fourth-order valence-electron chi connectivity index (χ4n) is 4.75. The molecule has 4 rings (SSSR count). The van der Waals surface area contributed by atoms with Crippen LogP contribution in [0.2, 0.25) is 0 Å². The maximum Gasteiger partial charge on any atom is 0.337 e. The lowest BCUT2D eigenvalue weighted by atomic mass is 9.63. The van der Waals surface area contributed by atoms with E-state index in [9.17, 15) is 9.90 Å². The quantitative estimate of drug-likeness (QED) is 0.805. The fraction of sp³-hybridized carbons (Fsp3) is 0.588. The Morgan fingerprint density at radius 2 is 1.90 bits per heavy atom. The lowest BCUT2D eigenvalue weighted by Gasteiger charge is -2.55. The van der Waals surface area contributed by atoms with Gasteiger partial charge in [0.25, 0.3) is 0 Å². The van der Waals surface area contributed by atoms with Gasteiger partial charge in [-0.1, -0.05) is 18.9 Å². The van der Waals surface area contributed by atoms with Gasteiger partial charge in [0, 0.05) is 12.1 Å².